The summed E-state index contributed by atoms with van der Waals surface area (Å²) in [5, 5.41) is 4.59. The normalized spacial score (nSPS) is 11.7. The third-order valence-corrected chi connectivity index (χ3v) is 6.33. The van der Waals surface area contributed by atoms with Crippen LogP contribution in [0.1, 0.15) is 41.4 Å². The van der Waals surface area contributed by atoms with Crippen LogP contribution in [0.15, 0.2) is 59.5 Å². The lowest BCUT2D eigenvalue weighted by Gasteiger charge is -2.09. The number of nitrogens with zero attached hydrogens (tertiary/aromatic N) is 2. The van der Waals surface area contributed by atoms with Gasteiger partial charge in [0.25, 0.3) is 0 Å². The van der Waals surface area contributed by atoms with Crippen LogP contribution in [0.2, 0.25) is 0 Å². The summed E-state index contributed by atoms with van der Waals surface area (Å²) in [5.74, 6) is 0. The average Bonchev–Trinajstić information content (AvgIpc) is 2.95. The SMILES string of the molecule is CCCc1ccc(S(=O)(=O)NCc2c(C)nn(Cc3ccccc3)c2C)cc1. The second-order valence-corrected chi connectivity index (χ2v) is 8.78. The van der Waals surface area contributed by atoms with E-state index in [0.29, 0.717) is 11.4 Å². The lowest BCUT2D eigenvalue weighted by molar-refractivity contribution is 0.581. The van der Waals surface area contributed by atoms with E-state index in [1.54, 1.807) is 12.1 Å². The third-order valence-electron chi connectivity index (χ3n) is 4.92. The van der Waals surface area contributed by atoms with Crippen LogP contribution < -0.4 is 4.72 Å². The van der Waals surface area contributed by atoms with E-state index in [9.17, 15) is 8.42 Å². The minimum atomic E-state index is -3.56. The summed E-state index contributed by atoms with van der Waals surface area (Å²) in [5.41, 5.74) is 5.04. The van der Waals surface area contributed by atoms with Crippen LogP contribution in [-0.4, -0.2) is 18.2 Å². The van der Waals surface area contributed by atoms with Gasteiger partial charge in [0.05, 0.1) is 17.1 Å². The van der Waals surface area contributed by atoms with E-state index < -0.39 is 10.0 Å². The maximum atomic E-state index is 12.7. The topological polar surface area (TPSA) is 64.0 Å². The van der Waals surface area contributed by atoms with Gasteiger partial charge in [-0.15, -0.1) is 0 Å². The molecule has 6 heteroatoms. The highest BCUT2D eigenvalue weighted by molar-refractivity contribution is 7.89. The largest absolute Gasteiger partial charge is 0.265 e. The molecule has 0 saturated heterocycles. The van der Waals surface area contributed by atoms with Crippen molar-refractivity contribution in [1.82, 2.24) is 14.5 Å². The van der Waals surface area contributed by atoms with Crippen LogP contribution in [0, 0.1) is 13.8 Å². The number of hydrogen-bond donors (Lipinski definition) is 1. The number of benzene rings is 2. The Labute approximate surface area is 167 Å². The van der Waals surface area contributed by atoms with Gasteiger partial charge in [0.2, 0.25) is 10.0 Å². The molecule has 0 amide bonds. The van der Waals surface area contributed by atoms with Crippen LogP contribution >= 0.6 is 0 Å². The molecule has 148 valence electrons. The van der Waals surface area contributed by atoms with Gasteiger partial charge in [-0.2, -0.15) is 5.10 Å². The summed E-state index contributed by atoms with van der Waals surface area (Å²) in [6.07, 6.45) is 1.99. The zero-order valence-corrected chi connectivity index (χ0v) is 17.5. The smallest absolute Gasteiger partial charge is 0.240 e. The van der Waals surface area contributed by atoms with E-state index in [1.807, 2.05) is 48.9 Å². The quantitative estimate of drug-likeness (QED) is 0.625. The molecule has 0 bridgehead atoms. The van der Waals surface area contributed by atoms with Gasteiger partial charge < -0.3 is 0 Å². The van der Waals surface area contributed by atoms with Gasteiger partial charge in [-0.05, 0) is 43.5 Å². The molecule has 3 aromatic rings. The number of hydrogen-bond acceptors (Lipinski definition) is 3. The molecule has 0 spiro atoms. The van der Waals surface area contributed by atoms with Crippen molar-refractivity contribution in [3.8, 4) is 0 Å². The maximum Gasteiger partial charge on any atom is 0.240 e. The molecule has 0 aliphatic heterocycles. The van der Waals surface area contributed by atoms with E-state index >= 15 is 0 Å². The molecular weight excluding hydrogens is 370 g/mol. The number of aryl methyl sites for hydroxylation is 2. The average molecular weight is 398 g/mol. The molecule has 3 rings (SSSR count). The van der Waals surface area contributed by atoms with Crippen LogP contribution in [0.4, 0.5) is 0 Å². The van der Waals surface area contributed by atoms with Crippen molar-refractivity contribution in [3.05, 3.63) is 82.7 Å². The predicted molar refractivity (Wildman–Crippen MR) is 112 cm³/mol. The summed E-state index contributed by atoms with van der Waals surface area (Å²) in [4.78, 5) is 0.291. The highest BCUT2D eigenvalue weighted by atomic mass is 32.2. The minimum absolute atomic E-state index is 0.228. The van der Waals surface area contributed by atoms with Crippen LogP contribution in [-0.2, 0) is 29.5 Å². The van der Waals surface area contributed by atoms with E-state index in [-0.39, 0.29) is 6.54 Å². The molecule has 1 N–H and O–H groups in total. The number of sulfonamides is 1. The van der Waals surface area contributed by atoms with Gasteiger partial charge in [0.1, 0.15) is 0 Å². The fraction of sp³-hybridized carbons (Fsp3) is 0.318. The van der Waals surface area contributed by atoms with Crippen LogP contribution in [0.3, 0.4) is 0 Å². The van der Waals surface area contributed by atoms with Crippen molar-refractivity contribution in [1.29, 1.82) is 0 Å². The molecule has 0 aliphatic rings. The number of aromatic nitrogens is 2. The standard InChI is InChI=1S/C22H27N3O2S/c1-4-8-19-11-13-21(14-12-19)28(26,27)23-15-22-17(2)24-25(18(22)3)16-20-9-6-5-7-10-20/h5-7,9-14,23H,4,8,15-16H2,1-3H3. The minimum Gasteiger partial charge on any atom is -0.265 e. The van der Waals surface area contributed by atoms with Crippen molar-refractivity contribution >= 4 is 10.0 Å². The van der Waals surface area contributed by atoms with E-state index in [0.717, 1.165) is 40.9 Å². The highest BCUT2D eigenvalue weighted by Crippen LogP contribution is 2.17. The molecular formula is C22H27N3O2S. The second kappa shape index (κ2) is 8.71. The molecule has 2 aromatic carbocycles. The first kappa shape index (κ1) is 20.3. The Hall–Kier alpha value is -2.44. The fourth-order valence-electron chi connectivity index (χ4n) is 3.27. The maximum absolute atomic E-state index is 12.7. The van der Waals surface area contributed by atoms with E-state index in [4.69, 9.17) is 0 Å². The van der Waals surface area contributed by atoms with Gasteiger partial charge in [0, 0.05) is 17.8 Å². The fourth-order valence-corrected chi connectivity index (χ4v) is 4.27. The summed E-state index contributed by atoms with van der Waals surface area (Å²) in [6.45, 7) is 6.89. The third kappa shape index (κ3) is 4.69. The number of nitrogens with one attached hydrogen (secondary N) is 1. The Balaban J connectivity index is 1.73. The molecule has 1 aromatic heterocycles. The van der Waals surface area contributed by atoms with Gasteiger partial charge >= 0.3 is 0 Å². The molecule has 0 aliphatic carbocycles. The Kier molecular flexibility index (Phi) is 6.31. The van der Waals surface area contributed by atoms with Crippen molar-refractivity contribution < 1.29 is 8.42 Å². The first-order valence-electron chi connectivity index (χ1n) is 9.56. The zero-order valence-electron chi connectivity index (χ0n) is 16.6. The van der Waals surface area contributed by atoms with Gasteiger partial charge in [-0.3, -0.25) is 4.68 Å². The number of rotatable bonds is 8. The van der Waals surface area contributed by atoms with Crippen molar-refractivity contribution in [2.24, 2.45) is 0 Å². The molecule has 0 radical (unpaired) electrons. The molecule has 0 atom stereocenters. The van der Waals surface area contributed by atoms with Crippen LogP contribution in [0.5, 0.6) is 0 Å². The molecule has 0 fully saturated rings. The van der Waals surface area contributed by atoms with Gasteiger partial charge in [0.15, 0.2) is 0 Å². The van der Waals surface area contributed by atoms with E-state index in [2.05, 4.69) is 28.9 Å². The first-order chi connectivity index (χ1) is 13.4. The second-order valence-electron chi connectivity index (χ2n) is 7.01. The van der Waals surface area contributed by atoms with Crippen molar-refractivity contribution in [2.45, 2.75) is 51.6 Å². The Bertz CT molecular complexity index is 1020. The van der Waals surface area contributed by atoms with Gasteiger partial charge in [-0.25, -0.2) is 13.1 Å². The van der Waals surface area contributed by atoms with Crippen molar-refractivity contribution in [3.63, 3.8) is 0 Å². The zero-order chi connectivity index (χ0) is 20.1. The van der Waals surface area contributed by atoms with E-state index in [1.165, 1.54) is 0 Å². The Morgan fingerprint density at radius 1 is 0.964 bits per heavy atom. The predicted octanol–water partition coefficient (Wildman–Crippen LogP) is 3.98. The molecule has 0 unspecified atom stereocenters. The molecule has 5 nitrogen and oxygen atoms in total. The summed E-state index contributed by atoms with van der Waals surface area (Å²) >= 11 is 0. The summed E-state index contributed by atoms with van der Waals surface area (Å²) in [6, 6.07) is 17.2. The van der Waals surface area contributed by atoms with Crippen molar-refractivity contribution in [2.75, 3.05) is 0 Å². The Morgan fingerprint density at radius 3 is 2.29 bits per heavy atom. The monoisotopic (exact) mass is 397 g/mol. The molecule has 28 heavy (non-hydrogen) atoms. The lowest BCUT2D eigenvalue weighted by atomic mass is 10.1. The first-order valence-corrected chi connectivity index (χ1v) is 11.0. The van der Waals surface area contributed by atoms with Crippen LogP contribution in [0.25, 0.3) is 0 Å². The summed E-state index contributed by atoms with van der Waals surface area (Å²) < 4.78 is 30.0. The highest BCUT2D eigenvalue weighted by Gasteiger charge is 2.17. The molecule has 1 heterocycles. The Morgan fingerprint density at radius 2 is 1.64 bits per heavy atom. The van der Waals surface area contributed by atoms with Gasteiger partial charge in [-0.1, -0.05) is 55.8 Å². The molecule has 0 saturated carbocycles. The lowest BCUT2D eigenvalue weighted by Crippen LogP contribution is -2.23. The summed E-state index contributed by atoms with van der Waals surface area (Å²) in [7, 11) is -3.56.